The summed E-state index contributed by atoms with van der Waals surface area (Å²) in [6.07, 6.45) is 5.44. The van der Waals surface area contributed by atoms with Gasteiger partial charge in [0.15, 0.2) is 0 Å². The van der Waals surface area contributed by atoms with Crippen molar-refractivity contribution < 1.29 is 4.74 Å². The summed E-state index contributed by atoms with van der Waals surface area (Å²) in [5, 5.41) is 8.50. The Kier molecular flexibility index (Phi) is 5.52. The van der Waals surface area contributed by atoms with E-state index in [0.29, 0.717) is 18.2 Å². The summed E-state index contributed by atoms with van der Waals surface area (Å²) in [5.74, 6) is 0. The maximum Gasteiger partial charge on any atom is 0.0675 e. The number of halogens is 1. The molecule has 0 bridgehead atoms. The smallest absolute Gasteiger partial charge is 0.0675 e. The van der Waals surface area contributed by atoms with Crippen LogP contribution in [0.25, 0.3) is 0 Å². The molecule has 1 N–H and O–H groups in total. The number of nitrogens with one attached hydrogen (secondary N) is 1. The highest BCUT2D eigenvalue weighted by Crippen LogP contribution is 2.15. The number of rotatable bonds is 7. The summed E-state index contributed by atoms with van der Waals surface area (Å²) in [6.45, 7) is 4.99. The number of aryl methyl sites for hydroxylation is 1. The molecule has 0 fully saturated rings. The first-order chi connectivity index (χ1) is 9.70. The van der Waals surface area contributed by atoms with Crippen LogP contribution in [0.1, 0.15) is 16.8 Å². The van der Waals surface area contributed by atoms with Gasteiger partial charge in [0.2, 0.25) is 0 Å². The molecule has 2 heterocycles. The first kappa shape index (κ1) is 15.0. The number of ether oxygens (including phenoxy) is 1. The zero-order valence-electron chi connectivity index (χ0n) is 11.8. The molecule has 0 saturated heterocycles. The van der Waals surface area contributed by atoms with Gasteiger partial charge >= 0.3 is 0 Å². The van der Waals surface area contributed by atoms with Gasteiger partial charge in [-0.2, -0.15) is 5.10 Å². The van der Waals surface area contributed by atoms with Crippen molar-refractivity contribution in [3.05, 3.63) is 46.5 Å². The normalized spacial score (nSPS) is 10.9. The average Bonchev–Trinajstić information content (AvgIpc) is 2.78. The molecule has 0 amide bonds. The van der Waals surface area contributed by atoms with Crippen molar-refractivity contribution in [2.45, 2.75) is 20.0 Å². The predicted octanol–water partition coefficient (Wildman–Crippen LogP) is 2.02. The van der Waals surface area contributed by atoms with Gasteiger partial charge in [-0.1, -0.05) is 11.6 Å². The summed E-state index contributed by atoms with van der Waals surface area (Å²) in [4.78, 5) is 3.98. The number of hydrogen-bond donors (Lipinski definition) is 1. The number of pyridine rings is 1. The van der Waals surface area contributed by atoms with Crippen molar-refractivity contribution in [1.82, 2.24) is 20.1 Å². The maximum absolute atomic E-state index is 6.11. The van der Waals surface area contributed by atoms with Crippen LogP contribution in [0.5, 0.6) is 0 Å². The molecule has 0 aliphatic carbocycles. The summed E-state index contributed by atoms with van der Waals surface area (Å²) in [5.41, 5.74) is 3.23. The van der Waals surface area contributed by atoms with Gasteiger partial charge in [-0.3, -0.25) is 9.67 Å². The van der Waals surface area contributed by atoms with Crippen LogP contribution in [0.2, 0.25) is 5.02 Å². The van der Waals surface area contributed by atoms with Crippen molar-refractivity contribution in [2.24, 2.45) is 0 Å². The van der Waals surface area contributed by atoms with Crippen LogP contribution in [-0.4, -0.2) is 35.0 Å². The van der Waals surface area contributed by atoms with Crippen LogP contribution in [0, 0.1) is 6.92 Å². The molecule has 20 heavy (non-hydrogen) atoms. The second-order valence-corrected chi connectivity index (χ2v) is 4.98. The van der Waals surface area contributed by atoms with E-state index in [-0.39, 0.29) is 0 Å². The van der Waals surface area contributed by atoms with E-state index < -0.39 is 0 Å². The van der Waals surface area contributed by atoms with Gasteiger partial charge in [0.25, 0.3) is 0 Å². The molecule has 0 unspecified atom stereocenters. The molecule has 2 aromatic rings. The molecule has 0 aliphatic rings. The van der Waals surface area contributed by atoms with Gasteiger partial charge in [-0.25, -0.2) is 0 Å². The van der Waals surface area contributed by atoms with E-state index in [1.165, 1.54) is 5.56 Å². The number of hydrogen-bond acceptors (Lipinski definition) is 4. The largest absolute Gasteiger partial charge is 0.383 e. The van der Waals surface area contributed by atoms with E-state index in [1.807, 2.05) is 23.9 Å². The fourth-order valence-corrected chi connectivity index (χ4v) is 2.10. The van der Waals surface area contributed by atoms with Crippen LogP contribution in [0.3, 0.4) is 0 Å². The molecule has 2 aromatic heterocycles. The quantitative estimate of drug-likeness (QED) is 0.794. The van der Waals surface area contributed by atoms with Crippen molar-refractivity contribution in [2.75, 3.05) is 20.3 Å². The van der Waals surface area contributed by atoms with E-state index in [0.717, 1.165) is 24.3 Å². The molecular formula is C14H19ClN4O. The molecule has 0 radical (unpaired) electrons. The van der Waals surface area contributed by atoms with Crippen LogP contribution in [0.15, 0.2) is 24.7 Å². The molecule has 0 spiro atoms. The van der Waals surface area contributed by atoms with E-state index in [9.17, 15) is 0 Å². The van der Waals surface area contributed by atoms with Crippen LogP contribution in [0.4, 0.5) is 0 Å². The fraction of sp³-hybridized carbons (Fsp3) is 0.429. The van der Waals surface area contributed by atoms with E-state index in [4.69, 9.17) is 16.3 Å². The van der Waals surface area contributed by atoms with Crippen LogP contribution < -0.4 is 5.32 Å². The lowest BCUT2D eigenvalue weighted by Gasteiger charge is -2.03. The standard InChI is InChI=1S/C14H19ClN4O/c1-11-13(7-17-5-6-20-2)10-19(18-11)9-12-3-4-16-8-14(12)15/h3-4,8,10,17H,5-7,9H2,1-2H3. The third-order valence-electron chi connectivity index (χ3n) is 3.04. The average molecular weight is 295 g/mol. The van der Waals surface area contributed by atoms with Gasteiger partial charge < -0.3 is 10.1 Å². The molecule has 6 heteroatoms. The second-order valence-electron chi connectivity index (χ2n) is 4.57. The Bertz CT molecular complexity index is 556. The Hall–Kier alpha value is -1.43. The molecule has 5 nitrogen and oxygen atoms in total. The molecule has 0 aliphatic heterocycles. The van der Waals surface area contributed by atoms with Gasteiger partial charge in [0.1, 0.15) is 0 Å². The Morgan fingerprint density at radius 1 is 1.40 bits per heavy atom. The summed E-state index contributed by atoms with van der Waals surface area (Å²) in [6, 6.07) is 1.91. The van der Waals surface area contributed by atoms with Gasteiger partial charge in [-0.15, -0.1) is 0 Å². The summed E-state index contributed by atoms with van der Waals surface area (Å²) >= 11 is 6.11. The highest BCUT2D eigenvalue weighted by Gasteiger charge is 2.06. The first-order valence-electron chi connectivity index (χ1n) is 6.51. The number of aromatic nitrogens is 3. The third kappa shape index (κ3) is 4.03. The highest BCUT2D eigenvalue weighted by atomic mass is 35.5. The zero-order chi connectivity index (χ0) is 14.4. The first-order valence-corrected chi connectivity index (χ1v) is 6.89. The SMILES string of the molecule is COCCNCc1cn(Cc2ccncc2Cl)nc1C. The van der Waals surface area contributed by atoms with Crippen molar-refractivity contribution in [3.8, 4) is 0 Å². The third-order valence-corrected chi connectivity index (χ3v) is 3.38. The van der Waals surface area contributed by atoms with Crippen molar-refractivity contribution >= 4 is 11.6 Å². The Balaban J connectivity index is 1.98. The molecule has 108 valence electrons. The van der Waals surface area contributed by atoms with Crippen molar-refractivity contribution in [3.63, 3.8) is 0 Å². The fourth-order valence-electron chi connectivity index (χ4n) is 1.92. The van der Waals surface area contributed by atoms with E-state index in [2.05, 4.69) is 15.4 Å². The molecule has 0 aromatic carbocycles. The van der Waals surface area contributed by atoms with E-state index >= 15 is 0 Å². The zero-order valence-corrected chi connectivity index (χ0v) is 12.5. The Morgan fingerprint density at radius 2 is 2.25 bits per heavy atom. The topological polar surface area (TPSA) is 52.0 Å². The summed E-state index contributed by atoms with van der Waals surface area (Å²) < 4.78 is 6.91. The molecule has 0 saturated carbocycles. The lowest BCUT2D eigenvalue weighted by atomic mass is 10.2. The molecule has 2 rings (SSSR count). The number of nitrogens with zero attached hydrogens (tertiary/aromatic N) is 3. The Morgan fingerprint density at radius 3 is 3.00 bits per heavy atom. The van der Waals surface area contributed by atoms with E-state index in [1.54, 1.807) is 19.5 Å². The minimum absolute atomic E-state index is 0.653. The van der Waals surface area contributed by atoms with Crippen LogP contribution in [-0.2, 0) is 17.8 Å². The predicted molar refractivity (Wildman–Crippen MR) is 78.9 cm³/mol. The molecule has 0 atom stereocenters. The molecular weight excluding hydrogens is 276 g/mol. The highest BCUT2D eigenvalue weighted by molar-refractivity contribution is 6.31. The van der Waals surface area contributed by atoms with Gasteiger partial charge in [-0.05, 0) is 18.6 Å². The monoisotopic (exact) mass is 294 g/mol. The second kappa shape index (κ2) is 7.38. The lowest BCUT2D eigenvalue weighted by molar-refractivity contribution is 0.199. The minimum Gasteiger partial charge on any atom is -0.383 e. The van der Waals surface area contributed by atoms with Gasteiger partial charge in [0.05, 0.1) is 23.9 Å². The lowest BCUT2D eigenvalue weighted by Crippen LogP contribution is -2.18. The van der Waals surface area contributed by atoms with Crippen LogP contribution >= 0.6 is 11.6 Å². The minimum atomic E-state index is 0.653. The number of methoxy groups -OCH3 is 1. The Labute approximate surface area is 123 Å². The maximum atomic E-state index is 6.11. The van der Waals surface area contributed by atoms with Gasteiger partial charge in [0, 0.05) is 44.4 Å². The van der Waals surface area contributed by atoms with Crippen molar-refractivity contribution in [1.29, 1.82) is 0 Å². The summed E-state index contributed by atoms with van der Waals surface area (Å²) in [7, 11) is 1.70.